The lowest BCUT2D eigenvalue weighted by atomic mass is 10.1. The summed E-state index contributed by atoms with van der Waals surface area (Å²) < 4.78 is 47.0. The van der Waals surface area contributed by atoms with Crippen LogP contribution in [0.5, 0.6) is 11.5 Å². The van der Waals surface area contributed by atoms with Crippen molar-refractivity contribution in [2.45, 2.75) is 6.17 Å². The fourth-order valence-corrected chi connectivity index (χ4v) is 3.02. The molecule has 0 saturated heterocycles. The average Bonchev–Trinajstić information content (AvgIpc) is 3.07. The van der Waals surface area contributed by atoms with Crippen LogP contribution in [0.3, 0.4) is 0 Å². The number of hydrogen-bond donors (Lipinski definition) is 1. The number of hydrogen-bond acceptors (Lipinski definition) is 4. The Kier molecular flexibility index (Phi) is 4.44. The van der Waals surface area contributed by atoms with Crippen LogP contribution in [0.25, 0.3) is 11.3 Å². The van der Waals surface area contributed by atoms with Crippen molar-refractivity contribution >= 4 is 11.3 Å². The summed E-state index contributed by atoms with van der Waals surface area (Å²) in [5.74, 6) is -2.70. The summed E-state index contributed by atoms with van der Waals surface area (Å²) in [5.41, 5.74) is 0.746. The Morgan fingerprint density at radius 3 is 2.46 bits per heavy atom. The highest BCUT2D eigenvalue weighted by Gasteiger charge is 2.24. The first kappa shape index (κ1) is 16.3. The molecule has 3 rings (SSSR count). The normalized spacial score (nSPS) is 12.2. The second-order valence-electron chi connectivity index (χ2n) is 4.97. The number of rotatable bonds is 4. The molecule has 1 atom stereocenters. The molecule has 7 heteroatoms. The van der Waals surface area contributed by atoms with Gasteiger partial charge in [-0.2, -0.15) is 4.39 Å². The molecular weight excluding hydrogens is 339 g/mol. The quantitative estimate of drug-likeness (QED) is 0.730. The van der Waals surface area contributed by atoms with Crippen LogP contribution in [0.2, 0.25) is 0 Å². The van der Waals surface area contributed by atoms with Crippen molar-refractivity contribution < 1.29 is 23.0 Å². The number of alkyl halides is 1. The zero-order chi connectivity index (χ0) is 17.3. The molecule has 124 valence electrons. The van der Waals surface area contributed by atoms with Crippen molar-refractivity contribution in [2.24, 2.45) is 0 Å². The SMILES string of the molecule is COc1ccc(C(F)c2nc(-c3ccc(O)cc3)cs2)c(F)c1F. The fourth-order valence-electron chi connectivity index (χ4n) is 2.20. The molecule has 3 aromatic rings. The summed E-state index contributed by atoms with van der Waals surface area (Å²) in [5, 5.41) is 10.9. The van der Waals surface area contributed by atoms with Crippen LogP contribution in [0.1, 0.15) is 16.7 Å². The molecule has 0 fully saturated rings. The summed E-state index contributed by atoms with van der Waals surface area (Å²) in [6, 6.07) is 8.56. The molecule has 24 heavy (non-hydrogen) atoms. The lowest BCUT2D eigenvalue weighted by Gasteiger charge is -2.09. The van der Waals surface area contributed by atoms with Crippen LogP contribution in [0.4, 0.5) is 13.2 Å². The highest BCUT2D eigenvalue weighted by molar-refractivity contribution is 7.10. The number of thiazole rings is 1. The number of ether oxygens (including phenoxy) is 1. The second-order valence-corrected chi connectivity index (χ2v) is 5.86. The molecule has 0 aliphatic heterocycles. The molecular formula is C17H12F3NO2S. The zero-order valence-corrected chi connectivity index (χ0v) is 13.3. The predicted molar refractivity (Wildman–Crippen MR) is 85.1 cm³/mol. The largest absolute Gasteiger partial charge is 0.508 e. The monoisotopic (exact) mass is 351 g/mol. The van der Waals surface area contributed by atoms with Crippen LogP contribution >= 0.6 is 11.3 Å². The fraction of sp³-hybridized carbons (Fsp3) is 0.118. The summed E-state index contributed by atoms with van der Waals surface area (Å²) in [6.07, 6.45) is -1.89. The molecule has 0 radical (unpaired) electrons. The molecule has 0 saturated carbocycles. The molecule has 1 unspecified atom stereocenters. The minimum absolute atomic E-state index is 0.0153. The topological polar surface area (TPSA) is 42.4 Å². The minimum Gasteiger partial charge on any atom is -0.508 e. The molecule has 1 aromatic heterocycles. The number of benzene rings is 2. The maximum absolute atomic E-state index is 14.6. The Balaban J connectivity index is 1.93. The van der Waals surface area contributed by atoms with E-state index in [1.807, 2.05) is 0 Å². The molecule has 1 heterocycles. The van der Waals surface area contributed by atoms with Crippen molar-refractivity contribution in [2.75, 3.05) is 7.11 Å². The maximum atomic E-state index is 14.6. The van der Waals surface area contributed by atoms with Gasteiger partial charge in [0.2, 0.25) is 5.82 Å². The minimum atomic E-state index is -1.89. The van der Waals surface area contributed by atoms with Crippen molar-refractivity contribution in [3.8, 4) is 22.8 Å². The van der Waals surface area contributed by atoms with E-state index in [0.717, 1.165) is 17.4 Å². The molecule has 3 nitrogen and oxygen atoms in total. The summed E-state index contributed by atoms with van der Waals surface area (Å²) in [4.78, 5) is 4.14. The van der Waals surface area contributed by atoms with Gasteiger partial charge < -0.3 is 9.84 Å². The Bertz CT molecular complexity index is 865. The Morgan fingerprint density at radius 2 is 1.79 bits per heavy atom. The second kappa shape index (κ2) is 6.52. The predicted octanol–water partition coefficient (Wildman–Crippen LogP) is 4.86. The highest BCUT2D eigenvalue weighted by Crippen LogP contribution is 2.35. The molecule has 0 amide bonds. The van der Waals surface area contributed by atoms with E-state index in [-0.39, 0.29) is 16.5 Å². The lowest BCUT2D eigenvalue weighted by molar-refractivity contribution is 0.352. The van der Waals surface area contributed by atoms with Gasteiger partial charge in [-0.15, -0.1) is 11.3 Å². The van der Waals surface area contributed by atoms with Crippen LogP contribution in [-0.4, -0.2) is 17.2 Å². The van der Waals surface area contributed by atoms with Gasteiger partial charge >= 0.3 is 0 Å². The van der Waals surface area contributed by atoms with Gasteiger partial charge in [0.05, 0.1) is 12.8 Å². The summed E-state index contributed by atoms with van der Waals surface area (Å²) >= 11 is 1.01. The smallest absolute Gasteiger partial charge is 0.200 e. The number of aromatic hydroxyl groups is 1. The first-order chi connectivity index (χ1) is 11.5. The Labute approximate surface area is 140 Å². The van der Waals surface area contributed by atoms with Gasteiger partial charge in [0, 0.05) is 16.5 Å². The van der Waals surface area contributed by atoms with E-state index in [1.165, 1.54) is 25.3 Å². The molecule has 0 bridgehead atoms. The Hall–Kier alpha value is -2.54. The third kappa shape index (κ3) is 2.94. The third-order valence-corrected chi connectivity index (χ3v) is 4.35. The zero-order valence-electron chi connectivity index (χ0n) is 12.5. The van der Waals surface area contributed by atoms with Gasteiger partial charge in [-0.25, -0.2) is 13.8 Å². The molecule has 2 aromatic carbocycles. The molecule has 0 spiro atoms. The Morgan fingerprint density at radius 1 is 1.08 bits per heavy atom. The van der Waals surface area contributed by atoms with E-state index in [0.29, 0.717) is 11.3 Å². The number of aromatic nitrogens is 1. The summed E-state index contributed by atoms with van der Waals surface area (Å²) in [7, 11) is 1.20. The van der Waals surface area contributed by atoms with Crippen LogP contribution in [-0.2, 0) is 0 Å². The first-order valence-corrected chi connectivity index (χ1v) is 7.80. The van der Waals surface area contributed by atoms with Gasteiger partial charge in [0.25, 0.3) is 0 Å². The van der Waals surface area contributed by atoms with Crippen molar-refractivity contribution in [1.82, 2.24) is 4.98 Å². The van der Waals surface area contributed by atoms with E-state index in [1.54, 1.807) is 17.5 Å². The van der Waals surface area contributed by atoms with Crippen LogP contribution < -0.4 is 4.74 Å². The average molecular weight is 351 g/mol. The van der Waals surface area contributed by atoms with Gasteiger partial charge in [0.1, 0.15) is 10.8 Å². The lowest BCUT2D eigenvalue weighted by Crippen LogP contribution is -2.02. The standard InChI is InChI=1S/C17H12F3NO2S/c1-23-13-7-6-11(14(18)16(13)20)15(19)17-21-12(8-24-17)9-2-4-10(22)5-3-9/h2-8,15,22H,1H3. The van der Waals surface area contributed by atoms with Crippen molar-refractivity contribution in [3.63, 3.8) is 0 Å². The van der Waals surface area contributed by atoms with Gasteiger partial charge in [-0.1, -0.05) is 0 Å². The summed E-state index contributed by atoms with van der Waals surface area (Å²) in [6.45, 7) is 0. The third-order valence-electron chi connectivity index (χ3n) is 3.47. The maximum Gasteiger partial charge on any atom is 0.200 e. The van der Waals surface area contributed by atoms with E-state index < -0.39 is 23.4 Å². The van der Waals surface area contributed by atoms with E-state index >= 15 is 0 Å². The van der Waals surface area contributed by atoms with Gasteiger partial charge in [-0.05, 0) is 36.4 Å². The number of nitrogens with zero attached hydrogens (tertiary/aromatic N) is 1. The molecule has 0 aliphatic rings. The molecule has 1 N–H and O–H groups in total. The van der Waals surface area contributed by atoms with E-state index in [2.05, 4.69) is 9.72 Å². The van der Waals surface area contributed by atoms with Crippen molar-refractivity contribution in [3.05, 3.63) is 64.0 Å². The number of phenolic OH excluding ortho intramolecular Hbond substituents is 1. The number of phenols is 1. The van der Waals surface area contributed by atoms with E-state index in [9.17, 15) is 18.3 Å². The first-order valence-electron chi connectivity index (χ1n) is 6.92. The van der Waals surface area contributed by atoms with Crippen molar-refractivity contribution in [1.29, 1.82) is 0 Å². The number of halogens is 3. The van der Waals surface area contributed by atoms with Crippen LogP contribution in [0.15, 0.2) is 41.8 Å². The highest BCUT2D eigenvalue weighted by atomic mass is 32.1. The van der Waals surface area contributed by atoms with Gasteiger partial charge in [0.15, 0.2) is 17.7 Å². The number of methoxy groups -OCH3 is 1. The van der Waals surface area contributed by atoms with Crippen LogP contribution in [0, 0.1) is 11.6 Å². The molecule has 0 aliphatic carbocycles. The van der Waals surface area contributed by atoms with E-state index in [4.69, 9.17) is 0 Å². The van der Waals surface area contributed by atoms with Gasteiger partial charge in [-0.3, -0.25) is 0 Å².